The second kappa shape index (κ2) is 9.13. The smallest absolute Gasteiger partial charge is 0.193 e. The Morgan fingerprint density at radius 2 is 0.875 bits per heavy atom. The molecule has 0 saturated heterocycles. The minimum absolute atomic E-state index is 0.438. The Balaban J connectivity index is 3.44. The first-order valence-electron chi connectivity index (χ1n) is 4.92. The lowest BCUT2D eigenvalue weighted by molar-refractivity contribution is 0.467. The molecule has 0 atom stereocenters. The molecule has 0 aliphatic rings. The van der Waals surface area contributed by atoms with Gasteiger partial charge in [0.15, 0.2) is 24.8 Å². The summed E-state index contributed by atoms with van der Waals surface area (Å²) >= 11 is 0. The van der Waals surface area contributed by atoms with Crippen LogP contribution in [0.3, 0.4) is 0 Å². The number of hydrogen-bond acceptors (Lipinski definition) is 6. The van der Waals surface area contributed by atoms with E-state index in [4.69, 9.17) is 21.0 Å². The molecule has 6 nitrogen and oxygen atoms in total. The van der Waals surface area contributed by atoms with E-state index in [9.17, 15) is 0 Å². The van der Waals surface area contributed by atoms with Crippen LogP contribution in [0, 0.1) is 45.8 Å². The van der Waals surface area contributed by atoms with E-state index in [1.807, 2.05) is 0 Å². The van der Waals surface area contributed by atoms with Gasteiger partial charge in [0.25, 0.3) is 0 Å². The van der Waals surface area contributed by atoms with Gasteiger partial charge in [-0.3, -0.25) is 0 Å². The van der Waals surface area contributed by atoms with E-state index in [1.165, 1.54) is 0 Å². The van der Waals surface area contributed by atoms with E-state index in [2.05, 4.69) is 0 Å². The van der Waals surface area contributed by atoms with Crippen molar-refractivity contribution in [3.8, 4) is 24.8 Å². The number of nitriles is 4. The van der Waals surface area contributed by atoms with Crippen molar-refractivity contribution in [2.45, 2.75) is 25.7 Å². The molecule has 16 heavy (non-hydrogen) atoms. The highest BCUT2D eigenvalue weighted by Gasteiger charge is 2.00. The molecule has 0 radical (unpaired) electrons. The number of rotatable bonds is 7. The van der Waals surface area contributed by atoms with Gasteiger partial charge in [-0.2, -0.15) is 21.0 Å². The Bertz CT molecular complexity index is 285. The summed E-state index contributed by atoms with van der Waals surface area (Å²) in [4.78, 5) is 2.05. The van der Waals surface area contributed by atoms with Gasteiger partial charge in [0.05, 0.1) is 0 Å². The monoisotopic (exact) mass is 216 g/mol. The molecule has 82 valence electrons. The zero-order valence-electron chi connectivity index (χ0n) is 8.93. The highest BCUT2D eigenvalue weighted by atomic mass is 15.1. The fraction of sp³-hybridized carbons (Fsp3) is 0.600. The third-order valence-electron chi connectivity index (χ3n) is 2.00. The molecule has 0 unspecified atom stereocenters. The minimum atomic E-state index is 0.438. The maximum atomic E-state index is 8.44. The quantitative estimate of drug-likeness (QED) is 0.358. The molecule has 0 aromatic rings. The number of nitrogens with zero attached hydrogens (tertiary/aromatic N) is 6. The Kier molecular flexibility index (Phi) is 7.74. The lowest BCUT2D eigenvalue weighted by Gasteiger charge is -2.06. The predicted octanol–water partition coefficient (Wildman–Crippen LogP) is 1.08. The van der Waals surface area contributed by atoms with Gasteiger partial charge < -0.3 is 0 Å². The molecule has 0 N–H and O–H groups in total. The largest absolute Gasteiger partial charge is 0.216 e. The first kappa shape index (κ1) is 13.6. The topological polar surface area (TPSA) is 102 Å². The van der Waals surface area contributed by atoms with Crippen LogP contribution in [-0.4, -0.2) is 22.9 Å². The van der Waals surface area contributed by atoms with Crippen molar-refractivity contribution in [3.05, 3.63) is 0 Å². The first-order chi connectivity index (χ1) is 7.78. The van der Waals surface area contributed by atoms with Gasteiger partial charge in [0.1, 0.15) is 0 Å². The third kappa shape index (κ3) is 6.08. The van der Waals surface area contributed by atoms with Gasteiger partial charge in [-0.05, 0) is 12.8 Å². The number of hydrogen-bond donors (Lipinski definition) is 0. The lowest BCUT2D eigenvalue weighted by atomic mass is 10.2. The van der Waals surface area contributed by atoms with Crippen LogP contribution < -0.4 is 0 Å². The van der Waals surface area contributed by atoms with E-state index >= 15 is 0 Å². The molecule has 0 bridgehead atoms. The van der Waals surface area contributed by atoms with E-state index in [0.717, 1.165) is 35.5 Å². The zero-order valence-corrected chi connectivity index (χ0v) is 8.93. The molecule has 6 heteroatoms. The lowest BCUT2D eigenvalue weighted by Crippen LogP contribution is -2.13. The highest BCUT2D eigenvalue weighted by molar-refractivity contribution is 4.86. The predicted molar refractivity (Wildman–Crippen MR) is 54.3 cm³/mol. The van der Waals surface area contributed by atoms with Crippen LogP contribution in [0.1, 0.15) is 25.7 Å². The number of unbranched alkanes of at least 4 members (excludes halogenated alkanes) is 3. The van der Waals surface area contributed by atoms with Gasteiger partial charge >= 0.3 is 0 Å². The second-order valence-corrected chi connectivity index (χ2v) is 3.12. The van der Waals surface area contributed by atoms with Crippen LogP contribution in [0.2, 0.25) is 0 Å². The summed E-state index contributed by atoms with van der Waals surface area (Å²) in [6.45, 7) is 0.875. The summed E-state index contributed by atoms with van der Waals surface area (Å²) in [5.41, 5.74) is 0. The van der Waals surface area contributed by atoms with Gasteiger partial charge in [-0.1, -0.05) is 12.8 Å². The Morgan fingerprint density at radius 3 is 1.12 bits per heavy atom. The maximum Gasteiger partial charge on any atom is 0.193 e. The van der Waals surface area contributed by atoms with Gasteiger partial charge in [0, 0.05) is 13.1 Å². The highest BCUT2D eigenvalue weighted by Crippen LogP contribution is 2.02. The summed E-state index contributed by atoms with van der Waals surface area (Å²) in [5, 5.41) is 33.8. The summed E-state index contributed by atoms with van der Waals surface area (Å²) in [5.74, 6) is 0. The van der Waals surface area contributed by atoms with Crippen molar-refractivity contribution in [2.24, 2.45) is 0 Å². The van der Waals surface area contributed by atoms with Crippen LogP contribution in [0.25, 0.3) is 0 Å². The van der Waals surface area contributed by atoms with Crippen LogP contribution in [-0.2, 0) is 0 Å². The van der Waals surface area contributed by atoms with Crippen LogP contribution in [0.15, 0.2) is 0 Å². The van der Waals surface area contributed by atoms with Crippen molar-refractivity contribution in [1.82, 2.24) is 9.80 Å². The summed E-state index contributed by atoms with van der Waals surface area (Å²) in [6, 6.07) is 0. The first-order valence-corrected chi connectivity index (χ1v) is 4.92. The molecule has 0 rings (SSSR count). The van der Waals surface area contributed by atoms with Gasteiger partial charge in [-0.25, -0.2) is 9.80 Å². The van der Waals surface area contributed by atoms with E-state index in [0.29, 0.717) is 13.1 Å². The molecule has 0 aromatic heterocycles. The molecule has 0 aromatic carbocycles. The summed E-state index contributed by atoms with van der Waals surface area (Å²) < 4.78 is 0. The maximum absolute atomic E-state index is 8.44. The van der Waals surface area contributed by atoms with Crippen LogP contribution in [0.5, 0.6) is 0 Å². The molecule has 0 saturated carbocycles. The average Bonchev–Trinajstić information content (AvgIpc) is 2.33. The Labute approximate surface area is 95.1 Å². The molecule has 0 amide bonds. The third-order valence-corrected chi connectivity index (χ3v) is 2.00. The molecule has 0 heterocycles. The SMILES string of the molecule is N#CN(C#N)CCCCCCN(C#N)C#N. The summed E-state index contributed by atoms with van der Waals surface area (Å²) in [7, 11) is 0. The minimum Gasteiger partial charge on any atom is -0.216 e. The zero-order chi connectivity index (χ0) is 12.2. The van der Waals surface area contributed by atoms with E-state index < -0.39 is 0 Å². The molecule has 0 spiro atoms. The fourth-order valence-corrected chi connectivity index (χ4v) is 1.14. The van der Waals surface area contributed by atoms with Crippen molar-refractivity contribution < 1.29 is 0 Å². The Hall–Kier alpha value is -2.44. The molecule has 0 fully saturated rings. The standard InChI is InChI=1S/C10H12N6/c11-7-15(8-12)5-3-1-2-4-6-16(9-13)10-14/h1-6H2. The van der Waals surface area contributed by atoms with Gasteiger partial charge in [-0.15, -0.1) is 0 Å². The van der Waals surface area contributed by atoms with E-state index in [1.54, 1.807) is 24.8 Å². The van der Waals surface area contributed by atoms with Crippen molar-refractivity contribution >= 4 is 0 Å². The van der Waals surface area contributed by atoms with Gasteiger partial charge in [0.2, 0.25) is 0 Å². The van der Waals surface area contributed by atoms with Crippen molar-refractivity contribution in [3.63, 3.8) is 0 Å². The van der Waals surface area contributed by atoms with E-state index in [-0.39, 0.29) is 0 Å². The molecule has 0 aliphatic heterocycles. The molecular formula is C10H12N6. The normalized spacial score (nSPS) is 8.00. The van der Waals surface area contributed by atoms with Crippen molar-refractivity contribution in [2.75, 3.05) is 13.1 Å². The van der Waals surface area contributed by atoms with Crippen LogP contribution in [0.4, 0.5) is 0 Å². The molecule has 0 aliphatic carbocycles. The Morgan fingerprint density at radius 1 is 0.562 bits per heavy atom. The van der Waals surface area contributed by atoms with Crippen molar-refractivity contribution in [1.29, 1.82) is 21.0 Å². The average molecular weight is 216 g/mol. The fourth-order valence-electron chi connectivity index (χ4n) is 1.14. The van der Waals surface area contributed by atoms with Crippen LogP contribution >= 0.6 is 0 Å². The second-order valence-electron chi connectivity index (χ2n) is 3.12. The molecular weight excluding hydrogens is 204 g/mol. The summed E-state index contributed by atoms with van der Waals surface area (Å²) in [6.07, 6.45) is 10.3.